The van der Waals surface area contributed by atoms with Crippen LogP contribution in [0.3, 0.4) is 0 Å². The van der Waals surface area contributed by atoms with E-state index in [4.69, 9.17) is 23.2 Å². The molecule has 3 aromatic carbocycles. The van der Waals surface area contributed by atoms with Gasteiger partial charge in [-0.25, -0.2) is 12.8 Å². The van der Waals surface area contributed by atoms with Crippen LogP contribution in [0.25, 0.3) is 0 Å². The Bertz CT molecular complexity index is 1360. The number of hydrogen-bond acceptors (Lipinski definition) is 4. The summed E-state index contributed by atoms with van der Waals surface area (Å²) in [5.74, 6) is -1.53. The van der Waals surface area contributed by atoms with Gasteiger partial charge in [-0.3, -0.25) is 13.9 Å². The third-order valence-electron chi connectivity index (χ3n) is 5.69. The number of nitrogens with one attached hydrogen (secondary N) is 1. The summed E-state index contributed by atoms with van der Waals surface area (Å²) in [7, 11) is -2.82. The topological polar surface area (TPSA) is 86.8 Å². The average molecular weight is 566 g/mol. The van der Waals surface area contributed by atoms with Crippen molar-refractivity contribution >= 4 is 50.7 Å². The van der Waals surface area contributed by atoms with E-state index in [9.17, 15) is 22.4 Å². The van der Waals surface area contributed by atoms with E-state index in [0.29, 0.717) is 5.56 Å². The lowest BCUT2D eigenvalue weighted by Crippen LogP contribution is -2.51. The molecule has 11 heteroatoms. The van der Waals surface area contributed by atoms with E-state index in [1.807, 2.05) is 0 Å². The number of rotatable bonds is 10. The fourth-order valence-electron chi connectivity index (χ4n) is 3.78. The zero-order valence-electron chi connectivity index (χ0n) is 20.2. The molecule has 2 amide bonds. The van der Waals surface area contributed by atoms with Crippen molar-refractivity contribution in [3.05, 3.63) is 94.2 Å². The van der Waals surface area contributed by atoms with Crippen molar-refractivity contribution in [2.45, 2.75) is 30.8 Å². The van der Waals surface area contributed by atoms with Crippen molar-refractivity contribution in [2.24, 2.45) is 0 Å². The third kappa shape index (κ3) is 6.80. The van der Waals surface area contributed by atoms with Crippen molar-refractivity contribution in [2.75, 3.05) is 17.9 Å². The first-order chi connectivity index (χ1) is 17.6. The van der Waals surface area contributed by atoms with Gasteiger partial charge in [0.25, 0.3) is 10.0 Å². The van der Waals surface area contributed by atoms with Gasteiger partial charge >= 0.3 is 0 Å². The first kappa shape index (κ1) is 28.4. The van der Waals surface area contributed by atoms with E-state index in [2.05, 4.69) is 5.32 Å². The quantitative estimate of drug-likeness (QED) is 0.379. The van der Waals surface area contributed by atoms with Crippen molar-refractivity contribution in [3.8, 4) is 0 Å². The molecule has 196 valence electrons. The normalized spacial score (nSPS) is 12.0. The number of hydrogen-bond donors (Lipinski definition) is 1. The molecule has 1 unspecified atom stereocenters. The number of benzene rings is 3. The lowest BCUT2D eigenvalue weighted by molar-refractivity contribution is -0.140. The molecule has 0 aromatic heterocycles. The van der Waals surface area contributed by atoms with Crippen LogP contribution in [-0.4, -0.2) is 44.8 Å². The van der Waals surface area contributed by atoms with E-state index >= 15 is 0 Å². The lowest BCUT2D eigenvalue weighted by Gasteiger charge is -2.33. The molecular weight excluding hydrogens is 540 g/mol. The Morgan fingerprint density at radius 2 is 1.65 bits per heavy atom. The Hall–Kier alpha value is -3.14. The van der Waals surface area contributed by atoms with Gasteiger partial charge in [-0.05, 0) is 54.4 Å². The number of amides is 2. The zero-order chi connectivity index (χ0) is 27.2. The van der Waals surface area contributed by atoms with Crippen molar-refractivity contribution in [3.63, 3.8) is 0 Å². The molecule has 0 saturated heterocycles. The van der Waals surface area contributed by atoms with Crippen LogP contribution >= 0.6 is 23.2 Å². The molecule has 1 atom stereocenters. The Labute approximate surface area is 225 Å². The predicted octanol–water partition coefficient (Wildman–Crippen LogP) is 4.88. The second-order valence-electron chi connectivity index (χ2n) is 8.11. The first-order valence-corrected chi connectivity index (χ1v) is 13.6. The van der Waals surface area contributed by atoms with Gasteiger partial charge in [-0.1, -0.05) is 60.5 Å². The minimum absolute atomic E-state index is 0.0149. The van der Waals surface area contributed by atoms with Crippen molar-refractivity contribution in [1.82, 2.24) is 10.2 Å². The maximum atomic E-state index is 13.8. The highest BCUT2D eigenvalue weighted by atomic mass is 35.5. The SMILES string of the molecule is CCC(C(=O)NC)N(Cc1ccc(F)cc1)C(=O)CN(c1cc(Cl)ccc1Cl)S(=O)(=O)c1ccccc1. The number of halogens is 3. The van der Waals surface area contributed by atoms with Gasteiger partial charge in [0.15, 0.2) is 0 Å². The standard InChI is InChI=1S/C26H26Cl2FN3O4S/c1-3-23(26(34)30-2)31(16-18-9-12-20(29)13-10-18)25(33)17-32(24-15-19(27)11-14-22(24)28)37(35,36)21-7-5-4-6-8-21/h4-15,23H,3,16-17H2,1-2H3,(H,30,34). The Kier molecular flexibility index (Phi) is 9.53. The molecule has 0 saturated carbocycles. The molecule has 0 aliphatic heterocycles. The fourth-order valence-corrected chi connectivity index (χ4v) is 5.66. The second kappa shape index (κ2) is 12.4. The van der Waals surface area contributed by atoms with Gasteiger partial charge in [-0.15, -0.1) is 0 Å². The van der Waals surface area contributed by atoms with E-state index < -0.39 is 40.2 Å². The molecule has 0 aliphatic rings. The summed E-state index contributed by atoms with van der Waals surface area (Å²) in [6.07, 6.45) is 0.260. The summed E-state index contributed by atoms with van der Waals surface area (Å²) in [6, 6.07) is 16.5. The number of likely N-dealkylation sites (N-methyl/N-ethyl adjacent to an activating group) is 1. The Morgan fingerprint density at radius 1 is 1.00 bits per heavy atom. The molecule has 0 aliphatic carbocycles. The number of anilines is 1. The number of nitrogens with zero attached hydrogens (tertiary/aromatic N) is 2. The highest BCUT2D eigenvalue weighted by molar-refractivity contribution is 7.92. The van der Waals surface area contributed by atoms with Crippen LogP contribution in [0.1, 0.15) is 18.9 Å². The molecule has 0 spiro atoms. The van der Waals surface area contributed by atoms with E-state index in [-0.39, 0.29) is 33.6 Å². The summed E-state index contributed by atoms with van der Waals surface area (Å²) in [4.78, 5) is 27.7. The molecular formula is C26H26Cl2FN3O4S. The number of carbonyl (C=O) groups is 2. The second-order valence-corrected chi connectivity index (χ2v) is 10.8. The zero-order valence-corrected chi connectivity index (χ0v) is 22.5. The highest BCUT2D eigenvalue weighted by Crippen LogP contribution is 2.33. The minimum atomic E-state index is -4.27. The Balaban J connectivity index is 2.09. The molecule has 0 radical (unpaired) electrons. The van der Waals surface area contributed by atoms with Crippen LogP contribution in [-0.2, 0) is 26.2 Å². The minimum Gasteiger partial charge on any atom is -0.357 e. The maximum Gasteiger partial charge on any atom is 0.264 e. The van der Waals surface area contributed by atoms with E-state index in [1.54, 1.807) is 25.1 Å². The summed E-state index contributed by atoms with van der Waals surface area (Å²) in [5.41, 5.74) is 0.580. The van der Waals surface area contributed by atoms with Crippen LogP contribution in [0.2, 0.25) is 10.0 Å². The van der Waals surface area contributed by atoms with Gasteiger partial charge in [0.2, 0.25) is 11.8 Å². The summed E-state index contributed by atoms with van der Waals surface area (Å²) >= 11 is 12.5. The molecule has 3 aromatic rings. The van der Waals surface area contributed by atoms with Crippen molar-refractivity contribution in [1.29, 1.82) is 0 Å². The summed E-state index contributed by atoms with van der Waals surface area (Å²) in [5, 5.41) is 2.83. The maximum absolute atomic E-state index is 13.8. The summed E-state index contributed by atoms with van der Waals surface area (Å²) < 4.78 is 41.8. The van der Waals surface area contributed by atoms with Crippen LogP contribution in [0.4, 0.5) is 10.1 Å². The highest BCUT2D eigenvalue weighted by Gasteiger charge is 2.34. The average Bonchev–Trinajstić information content (AvgIpc) is 2.89. The van der Waals surface area contributed by atoms with E-state index in [0.717, 1.165) is 4.31 Å². The number of sulfonamides is 1. The molecule has 0 bridgehead atoms. The van der Waals surface area contributed by atoms with Crippen LogP contribution < -0.4 is 9.62 Å². The molecule has 0 fully saturated rings. The van der Waals surface area contributed by atoms with Gasteiger partial charge in [0.05, 0.1) is 15.6 Å². The molecule has 3 rings (SSSR count). The monoisotopic (exact) mass is 565 g/mol. The van der Waals surface area contributed by atoms with Gasteiger partial charge in [-0.2, -0.15) is 0 Å². The molecule has 0 heterocycles. The molecule has 1 N–H and O–H groups in total. The largest absolute Gasteiger partial charge is 0.357 e. The van der Waals surface area contributed by atoms with Crippen LogP contribution in [0, 0.1) is 5.82 Å². The fraction of sp³-hybridized carbons (Fsp3) is 0.231. The number of carbonyl (C=O) groups excluding carboxylic acids is 2. The first-order valence-electron chi connectivity index (χ1n) is 11.4. The molecule has 37 heavy (non-hydrogen) atoms. The van der Waals surface area contributed by atoms with Gasteiger partial charge in [0, 0.05) is 18.6 Å². The van der Waals surface area contributed by atoms with Crippen molar-refractivity contribution < 1.29 is 22.4 Å². The third-order valence-corrected chi connectivity index (χ3v) is 8.01. The predicted molar refractivity (Wildman–Crippen MR) is 143 cm³/mol. The van der Waals surface area contributed by atoms with Crippen LogP contribution in [0.5, 0.6) is 0 Å². The van der Waals surface area contributed by atoms with Crippen LogP contribution in [0.15, 0.2) is 77.7 Å². The lowest BCUT2D eigenvalue weighted by atomic mass is 10.1. The van der Waals surface area contributed by atoms with Gasteiger partial charge in [0.1, 0.15) is 18.4 Å². The van der Waals surface area contributed by atoms with Gasteiger partial charge < -0.3 is 10.2 Å². The molecule has 7 nitrogen and oxygen atoms in total. The summed E-state index contributed by atoms with van der Waals surface area (Å²) in [6.45, 7) is 1.02. The smallest absolute Gasteiger partial charge is 0.264 e. The Morgan fingerprint density at radius 3 is 2.24 bits per heavy atom. The van der Waals surface area contributed by atoms with E-state index in [1.165, 1.54) is 66.5 Å².